The molecule has 0 heterocycles. The third-order valence-electron chi connectivity index (χ3n) is 4.79. The van der Waals surface area contributed by atoms with Crippen molar-refractivity contribution in [2.45, 2.75) is 98.2 Å². The first-order chi connectivity index (χ1) is 14.0. The van der Waals surface area contributed by atoms with Crippen molar-refractivity contribution in [3.8, 4) is 0 Å². The maximum absolute atomic E-state index is 11.4. The lowest BCUT2D eigenvalue weighted by Gasteiger charge is -2.19. The van der Waals surface area contributed by atoms with E-state index in [-0.39, 0.29) is 0 Å². The van der Waals surface area contributed by atoms with Gasteiger partial charge < -0.3 is 9.47 Å². The van der Waals surface area contributed by atoms with E-state index in [0.29, 0.717) is 6.42 Å². The third kappa shape index (κ3) is 11.5. The molecular weight excluding hydrogens is 364 g/mol. The Morgan fingerprint density at radius 1 is 0.828 bits per heavy atom. The second-order valence-electron chi connectivity index (χ2n) is 7.63. The molecule has 0 atom stereocenters. The molecule has 4 heteroatoms. The molecule has 0 aliphatic heterocycles. The summed E-state index contributed by atoms with van der Waals surface area (Å²) in [6, 6.07) is 8.45. The fourth-order valence-electron chi connectivity index (χ4n) is 3.30. The molecule has 0 amide bonds. The summed E-state index contributed by atoms with van der Waals surface area (Å²) >= 11 is 0. The Hall–Kier alpha value is -2.10. The third-order valence-corrected chi connectivity index (χ3v) is 4.79. The fraction of sp³-hybridized carbons (Fsp3) is 0.600. The molecule has 0 radical (unpaired) electrons. The first kappa shape index (κ1) is 24.9. The van der Waals surface area contributed by atoms with E-state index in [0.717, 1.165) is 24.0 Å². The van der Waals surface area contributed by atoms with Crippen molar-refractivity contribution < 1.29 is 19.1 Å². The van der Waals surface area contributed by atoms with Crippen molar-refractivity contribution in [2.24, 2.45) is 0 Å². The van der Waals surface area contributed by atoms with Gasteiger partial charge in [-0.1, -0.05) is 83.1 Å². The molecule has 0 aliphatic rings. The Morgan fingerprint density at radius 2 is 1.38 bits per heavy atom. The molecule has 162 valence electrons. The molecule has 0 fully saturated rings. The van der Waals surface area contributed by atoms with Gasteiger partial charge in [0.2, 0.25) is 0 Å². The number of aryl methyl sites for hydroxylation is 1. The number of carbonyl (C=O) groups is 2. The maximum atomic E-state index is 11.4. The van der Waals surface area contributed by atoms with Crippen LogP contribution in [0.3, 0.4) is 0 Å². The molecule has 1 rings (SSSR count). The zero-order valence-corrected chi connectivity index (χ0v) is 18.7. The van der Waals surface area contributed by atoms with Gasteiger partial charge in [0.1, 0.15) is 0 Å². The Bertz CT molecular complexity index is 615. The summed E-state index contributed by atoms with van der Waals surface area (Å²) in [5.41, 5.74) is 3.14. The largest absolute Gasteiger partial charge is 0.421 e. The van der Waals surface area contributed by atoms with E-state index >= 15 is 0 Å². The van der Waals surface area contributed by atoms with Crippen LogP contribution >= 0.6 is 0 Å². The summed E-state index contributed by atoms with van der Waals surface area (Å²) < 4.78 is 10.4. The predicted molar refractivity (Wildman–Crippen MR) is 118 cm³/mol. The standard InChI is InChI=1S/C25H38O4/c1-5-7-8-9-10-11-12-14-22-15-17-23(18-16-22)19-24(13-6-2)25(28-20(3)26)29-21(4)27/h15-19,25H,5-14H2,1-4H3/b24-19+. The number of rotatable bonds is 14. The highest BCUT2D eigenvalue weighted by atomic mass is 16.7. The van der Waals surface area contributed by atoms with Gasteiger partial charge in [0, 0.05) is 19.4 Å². The quantitative estimate of drug-likeness (QED) is 0.199. The number of hydrogen-bond donors (Lipinski definition) is 0. The van der Waals surface area contributed by atoms with Gasteiger partial charge in [0.15, 0.2) is 0 Å². The SMILES string of the molecule is CCCCCCCCCc1ccc(/C=C(\CCC)C(OC(C)=O)OC(C)=O)cc1. The van der Waals surface area contributed by atoms with E-state index in [9.17, 15) is 9.59 Å². The minimum absolute atomic E-state index is 0.469. The maximum Gasteiger partial charge on any atom is 0.305 e. The van der Waals surface area contributed by atoms with Crippen molar-refractivity contribution in [2.75, 3.05) is 0 Å². The van der Waals surface area contributed by atoms with Crippen LogP contribution in [-0.2, 0) is 25.5 Å². The topological polar surface area (TPSA) is 52.6 Å². The first-order valence-electron chi connectivity index (χ1n) is 11.1. The van der Waals surface area contributed by atoms with Crippen molar-refractivity contribution >= 4 is 18.0 Å². The lowest BCUT2D eigenvalue weighted by molar-refractivity contribution is -0.178. The van der Waals surface area contributed by atoms with E-state index in [1.807, 2.05) is 13.0 Å². The molecule has 0 saturated heterocycles. The zero-order chi connectivity index (χ0) is 21.5. The highest BCUT2D eigenvalue weighted by molar-refractivity contribution is 5.69. The van der Waals surface area contributed by atoms with Crippen molar-refractivity contribution in [3.05, 3.63) is 41.0 Å². The Balaban J connectivity index is 2.67. The van der Waals surface area contributed by atoms with Crippen LogP contribution < -0.4 is 0 Å². The summed E-state index contributed by atoms with van der Waals surface area (Å²) in [4.78, 5) is 22.8. The van der Waals surface area contributed by atoms with Gasteiger partial charge in [-0.05, 0) is 36.5 Å². The highest BCUT2D eigenvalue weighted by Crippen LogP contribution is 2.20. The smallest absolute Gasteiger partial charge is 0.305 e. The van der Waals surface area contributed by atoms with Crippen molar-refractivity contribution in [1.82, 2.24) is 0 Å². The minimum Gasteiger partial charge on any atom is -0.421 e. The van der Waals surface area contributed by atoms with E-state index in [4.69, 9.17) is 9.47 Å². The Kier molecular flexibility index (Phi) is 12.8. The molecule has 0 saturated carbocycles. The number of carbonyl (C=O) groups excluding carboxylic acids is 2. The lowest BCUT2D eigenvalue weighted by Crippen LogP contribution is -2.24. The Morgan fingerprint density at radius 3 is 1.90 bits per heavy atom. The number of ether oxygens (including phenoxy) is 2. The average Bonchev–Trinajstić information content (AvgIpc) is 2.67. The number of benzene rings is 1. The van der Waals surface area contributed by atoms with Crippen molar-refractivity contribution in [1.29, 1.82) is 0 Å². The van der Waals surface area contributed by atoms with E-state index in [1.54, 1.807) is 0 Å². The molecule has 1 aromatic carbocycles. The summed E-state index contributed by atoms with van der Waals surface area (Å²) in [5, 5.41) is 0. The van der Waals surface area contributed by atoms with Gasteiger partial charge in [0.25, 0.3) is 6.29 Å². The van der Waals surface area contributed by atoms with Crippen LogP contribution in [0.1, 0.15) is 96.6 Å². The van der Waals surface area contributed by atoms with Crippen LogP contribution in [0.15, 0.2) is 29.8 Å². The number of esters is 2. The summed E-state index contributed by atoms with van der Waals surface area (Å²) in [6.07, 6.45) is 12.8. The van der Waals surface area contributed by atoms with Crippen LogP contribution in [0.4, 0.5) is 0 Å². The van der Waals surface area contributed by atoms with Crippen LogP contribution in [0.25, 0.3) is 6.08 Å². The van der Waals surface area contributed by atoms with Crippen LogP contribution in [0.2, 0.25) is 0 Å². The molecule has 4 nitrogen and oxygen atoms in total. The second-order valence-corrected chi connectivity index (χ2v) is 7.63. The minimum atomic E-state index is -0.961. The van der Waals surface area contributed by atoms with Crippen LogP contribution in [-0.4, -0.2) is 18.2 Å². The fourth-order valence-corrected chi connectivity index (χ4v) is 3.30. The van der Waals surface area contributed by atoms with Crippen LogP contribution in [0.5, 0.6) is 0 Å². The summed E-state index contributed by atoms with van der Waals surface area (Å²) in [6.45, 7) is 6.92. The molecule has 0 N–H and O–H groups in total. The molecule has 0 bridgehead atoms. The summed E-state index contributed by atoms with van der Waals surface area (Å²) in [7, 11) is 0. The monoisotopic (exact) mass is 402 g/mol. The average molecular weight is 403 g/mol. The Labute approximate surface area is 176 Å². The molecule has 0 aromatic heterocycles. The van der Waals surface area contributed by atoms with E-state index in [2.05, 4.69) is 31.2 Å². The normalized spacial score (nSPS) is 11.6. The van der Waals surface area contributed by atoms with Gasteiger partial charge in [-0.25, -0.2) is 0 Å². The van der Waals surface area contributed by atoms with Gasteiger partial charge in [-0.2, -0.15) is 0 Å². The van der Waals surface area contributed by atoms with Gasteiger partial charge >= 0.3 is 11.9 Å². The summed E-state index contributed by atoms with van der Waals surface area (Å²) in [5.74, 6) is -0.938. The molecule has 0 spiro atoms. The molecule has 29 heavy (non-hydrogen) atoms. The second kappa shape index (κ2) is 14.8. The number of hydrogen-bond acceptors (Lipinski definition) is 4. The molecular formula is C25H38O4. The predicted octanol–water partition coefficient (Wildman–Crippen LogP) is 6.62. The van der Waals surface area contributed by atoms with Crippen molar-refractivity contribution in [3.63, 3.8) is 0 Å². The first-order valence-corrected chi connectivity index (χ1v) is 11.1. The van der Waals surface area contributed by atoms with Crippen LogP contribution in [0, 0.1) is 0 Å². The van der Waals surface area contributed by atoms with E-state index < -0.39 is 18.2 Å². The molecule has 0 unspecified atom stereocenters. The van der Waals surface area contributed by atoms with Gasteiger partial charge in [-0.3, -0.25) is 9.59 Å². The van der Waals surface area contributed by atoms with Gasteiger partial charge in [0.05, 0.1) is 0 Å². The highest BCUT2D eigenvalue weighted by Gasteiger charge is 2.20. The molecule has 1 aromatic rings. The van der Waals surface area contributed by atoms with Gasteiger partial charge in [-0.15, -0.1) is 0 Å². The zero-order valence-electron chi connectivity index (χ0n) is 18.7. The number of unbranched alkanes of at least 4 members (excludes halogenated alkanes) is 6. The lowest BCUT2D eigenvalue weighted by atomic mass is 10.0. The molecule has 0 aliphatic carbocycles. The van der Waals surface area contributed by atoms with E-state index in [1.165, 1.54) is 64.4 Å².